The summed E-state index contributed by atoms with van der Waals surface area (Å²) >= 11 is 0. The van der Waals surface area contributed by atoms with Crippen LogP contribution in [0.5, 0.6) is 0 Å². The molecule has 0 atom stereocenters. The van der Waals surface area contributed by atoms with Crippen LogP contribution in [0.2, 0.25) is 0 Å². The molecule has 2 amide bonds. The monoisotopic (exact) mass is 384 g/mol. The molecule has 0 aromatic heterocycles. The quantitative estimate of drug-likeness (QED) is 0.587. The number of carbonyl (C=O) groups is 2. The van der Waals surface area contributed by atoms with Crippen LogP contribution in [0.15, 0.2) is 48.5 Å². The largest absolute Gasteiger partial charge is 0.350 e. The first-order valence-corrected chi connectivity index (χ1v) is 8.74. The molecule has 8 heteroatoms. The van der Waals surface area contributed by atoms with Crippen molar-refractivity contribution in [3.05, 3.63) is 64.2 Å². The predicted molar refractivity (Wildman–Crippen MR) is 108 cm³/mol. The van der Waals surface area contributed by atoms with E-state index in [0.29, 0.717) is 5.69 Å². The number of carbonyl (C=O) groups excluding carboxylic acids is 2. The Labute approximate surface area is 163 Å². The van der Waals surface area contributed by atoms with E-state index in [0.717, 1.165) is 0 Å². The third kappa shape index (κ3) is 5.80. The van der Waals surface area contributed by atoms with E-state index in [2.05, 4.69) is 10.6 Å². The molecule has 0 saturated carbocycles. The summed E-state index contributed by atoms with van der Waals surface area (Å²) in [5, 5.41) is 17.2. The first-order valence-electron chi connectivity index (χ1n) is 8.74. The molecular weight excluding hydrogens is 360 g/mol. The maximum Gasteiger partial charge on any atom is 0.293 e. The number of benzene rings is 2. The summed E-state index contributed by atoms with van der Waals surface area (Å²) in [6.07, 6.45) is 0. The Balaban J connectivity index is 2.19. The van der Waals surface area contributed by atoms with Gasteiger partial charge in [0.05, 0.1) is 11.5 Å². The molecule has 0 heterocycles. The van der Waals surface area contributed by atoms with Crippen molar-refractivity contribution in [2.75, 3.05) is 18.9 Å². The van der Waals surface area contributed by atoms with Gasteiger partial charge in [0.1, 0.15) is 5.69 Å². The molecular formula is C20H24N4O4. The second-order valence-corrected chi connectivity index (χ2v) is 7.44. The molecule has 0 aliphatic carbocycles. The van der Waals surface area contributed by atoms with Crippen LogP contribution in [-0.2, 0) is 4.79 Å². The number of anilines is 2. The summed E-state index contributed by atoms with van der Waals surface area (Å²) in [6, 6.07) is 13.2. The average molecular weight is 384 g/mol. The molecule has 148 valence electrons. The second-order valence-electron chi connectivity index (χ2n) is 7.44. The molecule has 0 radical (unpaired) electrons. The van der Waals surface area contributed by atoms with Gasteiger partial charge in [0, 0.05) is 29.9 Å². The van der Waals surface area contributed by atoms with Crippen LogP contribution in [-0.4, -0.2) is 40.8 Å². The summed E-state index contributed by atoms with van der Waals surface area (Å²) in [5.41, 5.74) is 0.477. The van der Waals surface area contributed by atoms with E-state index < -0.39 is 16.4 Å². The molecule has 0 aliphatic heterocycles. The SMILES string of the molecule is CN(CC(=O)NC(C)(C)C)C(=O)c1ccc(Nc2ccccc2)c([N+](=O)[O-])c1. The summed E-state index contributed by atoms with van der Waals surface area (Å²) in [4.78, 5) is 36.8. The number of amides is 2. The minimum Gasteiger partial charge on any atom is -0.350 e. The second kappa shape index (κ2) is 8.51. The lowest BCUT2D eigenvalue weighted by Gasteiger charge is -2.23. The van der Waals surface area contributed by atoms with Gasteiger partial charge in [-0.05, 0) is 45.0 Å². The standard InChI is InChI=1S/C20H24N4O4/c1-20(2,3)22-18(25)13-23(4)19(26)14-10-11-16(17(12-14)24(27)28)21-15-8-6-5-7-9-15/h5-12,21H,13H2,1-4H3,(H,22,25). The lowest BCUT2D eigenvalue weighted by molar-refractivity contribution is -0.383. The Hall–Kier alpha value is -3.42. The van der Waals surface area contributed by atoms with E-state index in [4.69, 9.17) is 0 Å². The predicted octanol–water partition coefficient (Wildman–Crippen LogP) is 3.33. The van der Waals surface area contributed by atoms with Gasteiger partial charge in [-0.2, -0.15) is 0 Å². The number of nitro groups is 1. The van der Waals surface area contributed by atoms with Crippen LogP contribution in [0.3, 0.4) is 0 Å². The Morgan fingerprint density at radius 3 is 2.32 bits per heavy atom. The maximum atomic E-state index is 12.6. The van der Waals surface area contributed by atoms with Crippen LogP contribution in [0.4, 0.5) is 17.1 Å². The van der Waals surface area contributed by atoms with Gasteiger partial charge < -0.3 is 15.5 Å². The highest BCUT2D eigenvalue weighted by Gasteiger charge is 2.22. The van der Waals surface area contributed by atoms with E-state index in [1.165, 1.54) is 30.1 Å². The molecule has 2 rings (SSSR count). The van der Waals surface area contributed by atoms with E-state index in [9.17, 15) is 19.7 Å². The highest BCUT2D eigenvalue weighted by Crippen LogP contribution is 2.29. The van der Waals surface area contributed by atoms with Gasteiger partial charge in [-0.3, -0.25) is 19.7 Å². The normalized spacial score (nSPS) is 10.9. The topological polar surface area (TPSA) is 105 Å². The molecule has 0 fully saturated rings. The van der Waals surface area contributed by atoms with Gasteiger partial charge in [-0.25, -0.2) is 0 Å². The first-order chi connectivity index (χ1) is 13.1. The minimum atomic E-state index is -0.547. The Morgan fingerprint density at radius 2 is 1.75 bits per heavy atom. The zero-order valence-corrected chi connectivity index (χ0v) is 16.4. The molecule has 0 unspecified atom stereocenters. The van der Waals surface area contributed by atoms with Crippen LogP contribution >= 0.6 is 0 Å². The highest BCUT2D eigenvalue weighted by molar-refractivity contribution is 5.97. The fraction of sp³-hybridized carbons (Fsp3) is 0.300. The maximum absolute atomic E-state index is 12.6. The Kier molecular flexibility index (Phi) is 6.35. The van der Waals surface area contributed by atoms with Crippen LogP contribution < -0.4 is 10.6 Å². The fourth-order valence-corrected chi connectivity index (χ4v) is 2.56. The van der Waals surface area contributed by atoms with Crippen LogP contribution in [0.25, 0.3) is 0 Å². The molecule has 2 aromatic carbocycles. The summed E-state index contributed by atoms with van der Waals surface area (Å²) in [5.74, 6) is -0.779. The fourth-order valence-electron chi connectivity index (χ4n) is 2.56. The number of hydrogen-bond donors (Lipinski definition) is 2. The lowest BCUT2D eigenvalue weighted by atomic mass is 10.1. The van der Waals surface area contributed by atoms with Gasteiger partial charge in [0.2, 0.25) is 5.91 Å². The van der Waals surface area contributed by atoms with Gasteiger partial charge in [-0.1, -0.05) is 18.2 Å². The van der Waals surface area contributed by atoms with Crippen molar-refractivity contribution >= 4 is 28.9 Å². The molecule has 28 heavy (non-hydrogen) atoms. The van der Waals surface area contributed by atoms with E-state index >= 15 is 0 Å². The first kappa shape index (κ1) is 20.9. The van der Waals surface area contributed by atoms with Crippen LogP contribution in [0.1, 0.15) is 31.1 Å². The van der Waals surface area contributed by atoms with E-state index in [1.54, 1.807) is 12.1 Å². The number of para-hydroxylation sites is 1. The summed E-state index contributed by atoms with van der Waals surface area (Å²) in [6.45, 7) is 5.38. The molecule has 0 spiro atoms. The zero-order valence-electron chi connectivity index (χ0n) is 16.4. The zero-order chi connectivity index (χ0) is 20.9. The van der Waals surface area contributed by atoms with Crippen molar-refractivity contribution in [3.63, 3.8) is 0 Å². The van der Waals surface area contributed by atoms with Crippen molar-refractivity contribution in [1.29, 1.82) is 0 Å². The molecule has 0 saturated heterocycles. The molecule has 0 bridgehead atoms. The molecule has 2 aromatic rings. The van der Waals surface area contributed by atoms with E-state index in [-0.39, 0.29) is 29.4 Å². The van der Waals surface area contributed by atoms with Crippen molar-refractivity contribution in [2.45, 2.75) is 26.3 Å². The minimum absolute atomic E-state index is 0.136. The number of hydrogen-bond acceptors (Lipinski definition) is 5. The van der Waals surface area contributed by atoms with E-state index in [1.807, 2.05) is 39.0 Å². The Bertz CT molecular complexity index is 876. The van der Waals surface area contributed by atoms with Gasteiger partial charge >= 0.3 is 0 Å². The Morgan fingerprint density at radius 1 is 1.11 bits per heavy atom. The summed E-state index contributed by atoms with van der Waals surface area (Å²) < 4.78 is 0. The lowest BCUT2D eigenvalue weighted by Crippen LogP contribution is -2.46. The average Bonchev–Trinajstić information content (AvgIpc) is 2.60. The molecule has 8 nitrogen and oxygen atoms in total. The van der Waals surface area contributed by atoms with Gasteiger partial charge in [-0.15, -0.1) is 0 Å². The van der Waals surface area contributed by atoms with Crippen molar-refractivity contribution in [2.24, 2.45) is 0 Å². The number of nitrogens with one attached hydrogen (secondary N) is 2. The van der Waals surface area contributed by atoms with Crippen molar-refractivity contribution < 1.29 is 14.5 Å². The third-order valence-corrected chi connectivity index (χ3v) is 3.74. The highest BCUT2D eigenvalue weighted by atomic mass is 16.6. The van der Waals surface area contributed by atoms with Gasteiger partial charge in [0.15, 0.2) is 0 Å². The van der Waals surface area contributed by atoms with Crippen LogP contribution in [0, 0.1) is 10.1 Å². The number of rotatable bonds is 6. The number of nitrogens with zero attached hydrogens (tertiary/aromatic N) is 2. The molecule has 0 aliphatic rings. The summed E-state index contributed by atoms with van der Waals surface area (Å²) in [7, 11) is 1.48. The van der Waals surface area contributed by atoms with Gasteiger partial charge in [0.25, 0.3) is 11.6 Å². The number of nitro benzene ring substituents is 1. The van der Waals surface area contributed by atoms with Crippen molar-refractivity contribution in [3.8, 4) is 0 Å². The number of likely N-dealkylation sites (N-methyl/N-ethyl adjacent to an activating group) is 1. The third-order valence-electron chi connectivity index (χ3n) is 3.74. The van der Waals surface area contributed by atoms with Crippen molar-refractivity contribution in [1.82, 2.24) is 10.2 Å². The molecule has 2 N–H and O–H groups in total. The smallest absolute Gasteiger partial charge is 0.293 e.